The molecule has 0 aliphatic carbocycles. The summed E-state index contributed by atoms with van der Waals surface area (Å²) in [5.74, 6) is 0.474. The van der Waals surface area contributed by atoms with E-state index in [9.17, 15) is 14.0 Å². The van der Waals surface area contributed by atoms with Crippen LogP contribution in [0, 0.1) is 11.7 Å². The van der Waals surface area contributed by atoms with Gasteiger partial charge in [-0.3, -0.25) is 14.5 Å². The Morgan fingerprint density at radius 1 is 1.00 bits per heavy atom. The Kier molecular flexibility index (Phi) is 7.09. The van der Waals surface area contributed by atoms with E-state index in [-0.39, 0.29) is 23.6 Å². The van der Waals surface area contributed by atoms with Crippen molar-refractivity contribution in [1.82, 2.24) is 9.80 Å². The highest BCUT2D eigenvalue weighted by Crippen LogP contribution is 2.22. The zero-order valence-electron chi connectivity index (χ0n) is 18.5. The summed E-state index contributed by atoms with van der Waals surface area (Å²) >= 11 is 0. The minimum absolute atomic E-state index is 0.125. The van der Waals surface area contributed by atoms with Gasteiger partial charge in [-0.25, -0.2) is 4.39 Å². The molecule has 0 radical (unpaired) electrons. The number of likely N-dealkylation sites (tertiary alicyclic amines) is 1. The average Bonchev–Trinajstić information content (AvgIpc) is 3.28. The molecule has 1 amide bonds. The number of rotatable bonds is 6. The van der Waals surface area contributed by atoms with Crippen molar-refractivity contribution in [1.29, 1.82) is 0 Å². The summed E-state index contributed by atoms with van der Waals surface area (Å²) in [4.78, 5) is 31.0. The van der Waals surface area contributed by atoms with Crippen molar-refractivity contribution in [3.8, 4) is 0 Å². The molecule has 32 heavy (non-hydrogen) atoms. The van der Waals surface area contributed by atoms with E-state index in [0.717, 1.165) is 37.6 Å². The molecule has 1 aromatic heterocycles. The van der Waals surface area contributed by atoms with Gasteiger partial charge < -0.3 is 19.0 Å². The first-order valence-electron chi connectivity index (χ1n) is 11.3. The molecule has 4 rings (SSSR count). The molecular weight excluding hydrogens is 413 g/mol. The molecule has 0 spiro atoms. The van der Waals surface area contributed by atoms with Gasteiger partial charge in [0.25, 0.3) is 5.91 Å². The maximum Gasteiger partial charge on any atom is 0.309 e. The molecule has 8 heteroatoms. The summed E-state index contributed by atoms with van der Waals surface area (Å²) in [6.07, 6.45) is 1.24. The van der Waals surface area contributed by atoms with Crippen molar-refractivity contribution in [2.75, 3.05) is 50.8 Å². The quantitative estimate of drug-likeness (QED) is 0.639. The van der Waals surface area contributed by atoms with Crippen LogP contribution in [0.5, 0.6) is 0 Å². The average molecular weight is 444 g/mol. The number of halogens is 1. The smallest absolute Gasteiger partial charge is 0.309 e. The van der Waals surface area contributed by atoms with E-state index in [2.05, 4.69) is 9.80 Å². The van der Waals surface area contributed by atoms with Crippen LogP contribution in [0.15, 0.2) is 40.8 Å². The lowest BCUT2D eigenvalue weighted by Crippen LogP contribution is -2.45. The molecule has 0 unspecified atom stereocenters. The molecule has 0 bridgehead atoms. The SMILES string of the molecule is CCOC(=O)C1CCN(C(=O)c2ccc(CN3CCN(c4ccc(F)cc4)CC3)o2)CC1. The fourth-order valence-electron chi connectivity index (χ4n) is 4.35. The Bertz CT molecular complexity index is 914. The number of anilines is 1. The molecule has 0 atom stereocenters. The third-order valence-electron chi connectivity index (χ3n) is 6.22. The van der Waals surface area contributed by atoms with Crippen LogP contribution >= 0.6 is 0 Å². The zero-order chi connectivity index (χ0) is 22.5. The van der Waals surface area contributed by atoms with Gasteiger partial charge in [0, 0.05) is 45.0 Å². The maximum absolute atomic E-state index is 13.1. The molecule has 172 valence electrons. The van der Waals surface area contributed by atoms with Crippen LogP contribution in [-0.2, 0) is 16.1 Å². The highest BCUT2D eigenvalue weighted by molar-refractivity contribution is 5.91. The van der Waals surface area contributed by atoms with E-state index in [1.165, 1.54) is 12.1 Å². The predicted molar refractivity (Wildman–Crippen MR) is 118 cm³/mol. The van der Waals surface area contributed by atoms with Crippen molar-refractivity contribution in [2.45, 2.75) is 26.3 Å². The normalized spacial score (nSPS) is 18.1. The van der Waals surface area contributed by atoms with Crippen molar-refractivity contribution < 1.29 is 23.1 Å². The van der Waals surface area contributed by atoms with Gasteiger partial charge in [0.1, 0.15) is 11.6 Å². The van der Waals surface area contributed by atoms with Crippen LogP contribution in [0.4, 0.5) is 10.1 Å². The van der Waals surface area contributed by atoms with Gasteiger partial charge in [-0.2, -0.15) is 0 Å². The Hall–Kier alpha value is -2.87. The van der Waals surface area contributed by atoms with E-state index in [0.29, 0.717) is 44.8 Å². The van der Waals surface area contributed by atoms with Crippen LogP contribution in [-0.4, -0.2) is 67.6 Å². The maximum atomic E-state index is 13.1. The molecule has 2 fully saturated rings. The first-order valence-corrected chi connectivity index (χ1v) is 11.3. The topological polar surface area (TPSA) is 66.2 Å². The third-order valence-corrected chi connectivity index (χ3v) is 6.22. The molecule has 1 aromatic carbocycles. The lowest BCUT2D eigenvalue weighted by Gasteiger charge is -2.35. The van der Waals surface area contributed by atoms with Gasteiger partial charge in [0.2, 0.25) is 0 Å². The van der Waals surface area contributed by atoms with Crippen LogP contribution < -0.4 is 4.90 Å². The highest BCUT2D eigenvalue weighted by atomic mass is 19.1. The van der Waals surface area contributed by atoms with Gasteiger partial charge in [0.05, 0.1) is 19.1 Å². The second-order valence-electron chi connectivity index (χ2n) is 8.32. The second-order valence-corrected chi connectivity index (χ2v) is 8.32. The molecular formula is C24H30FN3O4. The predicted octanol–water partition coefficient (Wildman–Crippen LogP) is 3.16. The lowest BCUT2D eigenvalue weighted by atomic mass is 9.97. The number of esters is 1. The number of hydrogen-bond donors (Lipinski definition) is 0. The van der Waals surface area contributed by atoms with E-state index < -0.39 is 0 Å². The van der Waals surface area contributed by atoms with Crippen molar-refractivity contribution in [3.05, 3.63) is 53.7 Å². The summed E-state index contributed by atoms with van der Waals surface area (Å²) in [6.45, 7) is 7.33. The van der Waals surface area contributed by atoms with Gasteiger partial charge >= 0.3 is 5.97 Å². The molecule has 2 aliphatic heterocycles. The highest BCUT2D eigenvalue weighted by Gasteiger charge is 2.30. The summed E-state index contributed by atoms with van der Waals surface area (Å²) in [5.41, 5.74) is 1.03. The summed E-state index contributed by atoms with van der Waals surface area (Å²) in [7, 11) is 0. The molecule has 2 aliphatic rings. The Labute approximate surface area is 187 Å². The van der Waals surface area contributed by atoms with E-state index in [1.807, 2.05) is 18.2 Å². The van der Waals surface area contributed by atoms with Crippen molar-refractivity contribution in [3.63, 3.8) is 0 Å². The Morgan fingerprint density at radius 3 is 2.34 bits per heavy atom. The van der Waals surface area contributed by atoms with Crippen molar-refractivity contribution in [2.24, 2.45) is 5.92 Å². The number of hydrogen-bond acceptors (Lipinski definition) is 6. The zero-order valence-corrected chi connectivity index (χ0v) is 18.5. The molecule has 0 N–H and O–H groups in total. The summed E-state index contributed by atoms with van der Waals surface area (Å²) in [6, 6.07) is 10.2. The molecule has 2 aromatic rings. The molecule has 2 saturated heterocycles. The third kappa shape index (κ3) is 5.30. The first kappa shape index (κ1) is 22.3. The van der Waals surface area contributed by atoms with E-state index in [4.69, 9.17) is 9.15 Å². The standard InChI is InChI=1S/C24H30FN3O4/c1-2-31-24(30)18-9-11-28(12-10-18)23(29)22-8-7-21(32-22)17-26-13-15-27(16-14-26)20-5-3-19(25)4-6-20/h3-8,18H,2,9-17H2,1H3. The largest absolute Gasteiger partial charge is 0.466 e. The van der Waals surface area contributed by atoms with Crippen LogP contribution in [0.3, 0.4) is 0 Å². The van der Waals surface area contributed by atoms with Crippen LogP contribution in [0.2, 0.25) is 0 Å². The molecule has 3 heterocycles. The minimum atomic E-state index is -0.223. The number of ether oxygens (including phenoxy) is 1. The lowest BCUT2D eigenvalue weighted by molar-refractivity contribution is -0.149. The second kappa shape index (κ2) is 10.2. The minimum Gasteiger partial charge on any atom is -0.466 e. The number of nitrogens with zero attached hydrogens (tertiary/aromatic N) is 3. The van der Waals surface area contributed by atoms with E-state index >= 15 is 0 Å². The number of carbonyl (C=O) groups excluding carboxylic acids is 2. The van der Waals surface area contributed by atoms with Gasteiger partial charge in [0.15, 0.2) is 5.76 Å². The number of carbonyl (C=O) groups is 2. The fourth-order valence-corrected chi connectivity index (χ4v) is 4.35. The fraction of sp³-hybridized carbons (Fsp3) is 0.500. The monoisotopic (exact) mass is 443 g/mol. The van der Waals surface area contributed by atoms with E-state index in [1.54, 1.807) is 17.9 Å². The number of amides is 1. The molecule has 0 saturated carbocycles. The van der Waals surface area contributed by atoms with Gasteiger partial charge in [-0.05, 0) is 56.2 Å². The number of piperidine rings is 1. The first-order chi connectivity index (χ1) is 15.5. The Balaban J connectivity index is 1.25. The summed E-state index contributed by atoms with van der Waals surface area (Å²) in [5, 5.41) is 0. The Morgan fingerprint density at radius 2 is 1.69 bits per heavy atom. The van der Waals surface area contributed by atoms with Gasteiger partial charge in [-0.1, -0.05) is 0 Å². The van der Waals surface area contributed by atoms with Crippen LogP contribution in [0.1, 0.15) is 36.1 Å². The number of piperazine rings is 1. The summed E-state index contributed by atoms with van der Waals surface area (Å²) < 4.78 is 24.1. The number of benzene rings is 1. The molecule has 7 nitrogen and oxygen atoms in total. The number of furan rings is 1. The van der Waals surface area contributed by atoms with Gasteiger partial charge in [-0.15, -0.1) is 0 Å². The van der Waals surface area contributed by atoms with Crippen LogP contribution in [0.25, 0.3) is 0 Å². The van der Waals surface area contributed by atoms with Crippen molar-refractivity contribution >= 4 is 17.6 Å².